The highest BCUT2D eigenvalue weighted by atomic mass is 19.1. The van der Waals surface area contributed by atoms with Crippen molar-refractivity contribution < 1.29 is 18.4 Å². The molecule has 1 N–H and O–H groups in total. The second-order valence-electron chi connectivity index (χ2n) is 7.05. The highest BCUT2D eigenvalue weighted by Gasteiger charge is 2.26. The summed E-state index contributed by atoms with van der Waals surface area (Å²) in [5.74, 6) is 0.778. The van der Waals surface area contributed by atoms with E-state index in [9.17, 15) is 9.18 Å². The third-order valence-electron chi connectivity index (χ3n) is 4.89. The van der Waals surface area contributed by atoms with Gasteiger partial charge in [0.05, 0.1) is 0 Å². The molecule has 0 bridgehead atoms. The molecule has 29 heavy (non-hydrogen) atoms. The lowest BCUT2D eigenvalue weighted by atomic mass is 10.1. The summed E-state index contributed by atoms with van der Waals surface area (Å²) in [6.45, 7) is 3.91. The van der Waals surface area contributed by atoms with Gasteiger partial charge in [0.1, 0.15) is 23.4 Å². The number of rotatable bonds is 5. The Morgan fingerprint density at radius 1 is 1.24 bits per heavy atom. The van der Waals surface area contributed by atoms with Gasteiger partial charge in [-0.3, -0.25) is 9.69 Å². The highest BCUT2D eigenvalue weighted by molar-refractivity contribution is 5.92. The Labute approximate surface area is 168 Å². The van der Waals surface area contributed by atoms with E-state index in [4.69, 9.17) is 9.26 Å². The van der Waals surface area contributed by atoms with Gasteiger partial charge in [0, 0.05) is 43.4 Å². The van der Waals surface area contributed by atoms with Crippen LogP contribution in [0.25, 0.3) is 0 Å². The maximum atomic E-state index is 14.4. The van der Waals surface area contributed by atoms with Crippen LogP contribution in [0.4, 0.5) is 4.39 Å². The van der Waals surface area contributed by atoms with Gasteiger partial charge in [-0.15, -0.1) is 0 Å². The number of para-hydroxylation sites is 1. The SMILES string of the molecule is Cc1cc(C(=O)NCCN2Cc3ccccc3OC(c3ccccc3F)C2)no1. The van der Waals surface area contributed by atoms with Crippen LogP contribution in [0.5, 0.6) is 5.75 Å². The predicted molar refractivity (Wildman–Crippen MR) is 105 cm³/mol. The number of ether oxygens (including phenoxy) is 1. The number of carbonyl (C=O) groups is 1. The van der Waals surface area contributed by atoms with Crippen molar-refractivity contribution in [3.05, 3.63) is 83.0 Å². The van der Waals surface area contributed by atoms with Crippen molar-refractivity contribution >= 4 is 5.91 Å². The number of carbonyl (C=O) groups excluding carboxylic acids is 1. The van der Waals surface area contributed by atoms with Crippen molar-refractivity contribution in [2.75, 3.05) is 19.6 Å². The molecule has 0 fully saturated rings. The average molecular weight is 395 g/mol. The minimum atomic E-state index is -0.436. The first-order chi connectivity index (χ1) is 14.1. The fourth-order valence-corrected chi connectivity index (χ4v) is 3.44. The molecule has 0 aliphatic carbocycles. The Morgan fingerprint density at radius 3 is 2.83 bits per heavy atom. The van der Waals surface area contributed by atoms with Crippen molar-refractivity contribution in [3.8, 4) is 5.75 Å². The average Bonchev–Trinajstić information content (AvgIpc) is 3.06. The van der Waals surface area contributed by atoms with Gasteiger partial charge < -0.3 is 14.6 Å². The molecule has 7 heteroatoms. The second kappa shape index (κ2) is 8.45. The van der Waals surface area contributed by atoms with E-state index in [1.807, 2.05) is 30.3 Å². The maximum Gasteiger partial charge on any atom is 0.273 e. The molecular formula is C22H22FN3O3. The molecule has 0 saturated carbocycles. The number of hydrogen-bond acceptors (Lipinski definition) is 5. The third kappa shape index (κ3) is 4.46. The molecule has 1 atom stereocenters. The Bertz CT molecular complexity index is 1000. The van der Waals surface area contributed by atoms with Gasteiger partial charge >= 0.3 is 0 Å². The van der Waals surface area contributed by atoms with Crippen molar-refractivity contribution in [2.45, 2.75) is 19.6 Å². The van der Waals surface area contributed by atoms with Crippen LogP contribution in [0.15, 0.2) is 59.1 Å². The van der Waals surface area contributed by atoms with Gasteiger partial charge in [-0.05, 0) is 19.1 Å². The quantitative estimate of drug-likeness (QED) is 0.716. The zero-order valence-electron chi connectivity index (χ0n) is 16.1. The molecule has 1 aliphatic rings. The number of amides is 1. The van der Waals surface area contributed by atoms with Crippen LogP contribution in [0.3, 0.4) is 0 Å². The van der Waals surface area contributed by atoms with Crippen LogP contribution in [0, 0.1) is 12.7 Å². The van der Waals surface area contributed by atoms with Crippen LogP contribution in [0.1, 0.15) is 33.5 Å². The summed E-state index contributed by atoms with van der Waals surface area (Å²) in [7, 11) is 0. The number of aromatic nitrogens is 1. The van der Waals surface area contributed by atoms with Gasteiger partial charge in [-0.2, -0.15) is 0 Å². The van der Waals surface area contributed by atoms with Crippen molar-refractivity contribution in [1.29, 1.82) is 0 Å². The Kier molecular flexibility index (Phi) is 5.57. The van der Waals surface area contributed by atoms with Crippen molar-refractivity contribution in [2.24, 2.45) is 0 Å². The largest absolute Gasteiger partial charge is 0.484 e. The lowest BCUT2D eigenvalue weighted by Crippen LogP contribution is -2.36. The maximum absolute atomic E-state index is 14.4. The summed E-state index contributed by atoms with van der Waals surface area (Å²) in [4.78, 5) is 14.3. The molecule has 2 heterocycles. The van der Waals surface area contributed by atoms with Crippen LogP contribution in [0.2, 0.25) is 0 Å². The molecule has 3 aromatic rings. The van der Waals surface area contributed by atoms with Crippen LogP contribution >= 0.6 is 0 Å². The monoisotopic (exact) mass is 395 g/mol. The summed E-state index contributed by atoms with van der Waals surface area (Å²) in [6, 6.07) is 16.0. The molecule has 1 unspecified atom stereocenters. The Hall–Kier alpha value is -3.19. The topological polar surface area (TPSA) is 67.6 Å². The van der Waals surface area contributed by atoms with Gasteiger partial charge in [0.15, 0.2) is 5.69 Å². The number of halogens is 1. The van der Waals surface area contributed by atoms with Crippen LogP contribution in [-0.2, 0) is 6.54 Å². The number of hydrogen-bond donors (Lipinski definition) is 1. The van der Waals surface area contributed by atoms with E-state index in [0.29, 0.717) is 37.5 Å². The minimum Gasteiger partial charge on any atom is -0.484 e. The first-order valence-corrected chi connectivity index (χ1v) is 9.53. The van der Waals surface area contributed by atoms with E-state index in [1.54, 1.807) is 25.1 Å². The molecule has 0 spiro atoms. The zero-order valence-corrected chi connectivity index (χ0v) is 16.1. The molecule has 1 aliphatic heterocycles. The first kappa shape index (κ1) is 19.1. The third-order valence-corrected chi connectivity index (χ3v) is 4.89. The normalized spacial score (nSPS) is 16.6. The smallest absolute Gasteiger partial charge is 0.273 e. The van der Waals surface area contributed by atoms with E-state index in [2.05, 4.69) is 15.4 Å². The highest BCUT2D eigenvalue weighted by Crippen LogP contribution is 2.31. The first-order valence-electron chi connectivity index (χ1n) is 9.53. The zero-order chi connectivity index (χ0) is 20.2. The van der Waals surface area contributed by atoms with E-state index in [0.717, 1.165) is 11.3 Å². The molecule has 0 radical (unpaired) electrons. The number of benzene rings is 2. The van der Waals surface area contributed by atoms with Crippen LogP contribution in [-0.4, -0.2) is 35.6 Å². The van der Waals surface area contributed by atoms with E-state index in [1.165, 1.54) is 6.07 Å². The summed E-state index contributed by atoms with van der Waals surface area (Å²) >= 11 is 0. The predicted octanol–water partition coefficient (Wildman–Crippen LogP) is 3.49. The van der Waals surface area contributed by atoms with Gasteiger partial charge in [-0.25, -0.2) is 4.39 Å². The molecule has 1 aromatic heterocycles. The Morgan fingerprint density at radius 2 is 2.03 bits per heavy atom. The van der Waals surface area contributed by atoms with Gasteiger partial charge in [-0.1, -0.05) is 41.6 Å². The van der Waals surface area contributed by atoms with Gasteiger partial charge in [0.25, 0.3) is 5.91 Å². The number of nitrogens with one attached hydrogen (secondary N) is 1. The fraction of sp³-hybridized carbons (Fsp3) is 0.273. The molecular weight excluding hydrogens is 373 g/mol. The molecule has 0 saturated heterocycles. The summed E-state index contributed by atoms with van der Waals surface area (Å²) in [6.07, 6.45) is -0.436. The molecule has 150 valence electrons. The van der Waals surface area contributed by atoms with E-state index >= 15 is 0 Å². The molecule has 4 rings (SSSR count). The lowest BCUT2D eigenvalue weighted by Gasteiger charge is -2.24. The summed E-state index contributed by atoms with van der Waals surface area (Å²) in [5, 5.41) is 6.58. The van der Waals surface area contributed by atoms with Crippen molar-refractivity contribution in [1.82, 2.24) is 15.4 Å². The van der Waals surface area contributed by atoms with E-state index in [-0.39, 0.29) is 17.4 Å². The Balaban J connectivity index is 1.47. The molecule has 2 aromatic carbocycles. The second-order valence-corrected chi connectivity index (χ2v) is 7.05. The lowest BCUT2D eigenvalue weighted by molar-refractivity contribution is 0.0934. The molecule has 1 amide bonds. The minimum absolute atomic E-state index is 0.260. The van der Waals surface area contributed by atoms with E-state index < -0.39 is 6.10 Å². The number of fused-ring (bicyclic) bond motifs is 1. The van der Waals surface area contributed by atoms with Crippen LogP contribution < -0.4 is 10.1 Å². The number of aryl methyl sites for hydroxylation is 1. The summed E-state index contributed by atoms with van der Waals surface area (Å²) < 4.78 is 25.5. The molecule has 6 nitrogen and oxygen atoms in total. The standard InChI is InChI=1S/C22H22FN3O3/c1-15-12-19(25-29-15)22(27)24-10-11-26-13-16-6-2-5-9-20(16)28-21(14-26)17-7-3-4-8-18(17)23/h2-9,12,21H,10-11,13-14H2,1H3,(H,24,27). The van der Waals surface area contributed by atoms with Crippen molar-refractivity contribution in [3.63, 3.8) is 0 Å². The van der Waals surface area contributed by atoms with Gasteiger partial charge in [0.2, 0.25) is 0 Å². The fourth-order valence-electron chi connectivity index (χ4n) is 3.44. The summed E-state index contributed by atoms with van der Waals surface area (Å²) in [5.41, 5.74) is 1.82. The number of nitrogens with zero attached hydrogens (tertiary/aromatic N) is 2.